The fraction of sp³-hybridized carbons (Fsp3) is 1.00. The summed E-state index contributed by atoms with van der Waals surface area (Å²) in [4.78, 5) is 0. The number of hydrogen-bond donors (Lipinski definition) is 3. The molecule has 0 heterocycles. The van der Waals surface area contributed by atoms with Gasteiger partial charge in [0.05, 0.1) is 0 Å². The summed E-state index contributed by atoms with van der Waals surface area (Å²) in [5.41, 5.74) is 11.3. The van der Waals surface area contributed by atoms with Gasteiger partial charge in [-0.25, -0.2) is 0 Å². The highest BCUT2D eigenvalue weighted by Gasteiger charge is 2.00. The standard InChI is InChI=1S/C11H27N3/c1-2-3-6-11(13)7-10-14-9-5-4-8-12/h11,14H,2-10,12-13H2,1H3. The monoisotopic (exact) mass is 201 g/mol. The van der Waals surface area contributed by atoms with Crippen molar-refractivity contribution in [3.63, 3.8) is 0 Å². The fourth-order valence-electron chi connectivity index (χ4n) is 1.42. The molecule has 0 amide bonds. The van der Waals surface area contributed by atoms with Gasteiger partial charge < -0.3 is 16.8 Å². The minimum absolute atomic E-state index is 0.386. The average Bonchev–Trinajstić information content (AvgIpc) is 2.20. The van der Waals surface area contributed by atoms with Crippen molar-refractivity contribution in [2.75, 3.05) is 19.6 Å². The molecule has 0 fully saturated rings. The molecule has 0 rings (SSSR count). The lowest BCUT2D eigenvalue weighted by atomic mass is 10.1. The number of hydrogen-bond acceptors (Lipinski definition) is 3. The van der Waals surface area contributed by atoms with E-state index in [1.807, 2.05) is 0 Å². The van der Waals surface area contributed by atoms with Crippen LogP contribution in [0.2, 0.25) is 0 Å². The van der Waals surface area contributed by atoms with Crippen LogP contribution in [-0.2, 0) is 0 Å². The van der Waals surface area contributed by atoms with E-state index in [1.54, 1.807) is 0 Å². The zero-order valence-corrected chi connectivity index (χ0v) is 9.60. The van der Waals surface area contributed by atoms with Crippen LogP contribution in [0.1, 0.15) is 45.4 Å². The zero-order chi connectivity index (χ0) is 10.6. The highest BCUT2D eigenvalue weighted by molar-refractivity contribution is 4.62. The van der Waals surface area contributed by atoms with E-state index in [4.69, 9.17) is 11.5 Å². The van der Waals surface area contributed by atoms with Gasteiger partial charge in [-0.2, -0.15) is 0 Å². The molecule has 0 radical (unpaired) electrons. The molecule has 0 aromatic heterocycles. The summed E-state index contributed by atoms with van der Waals surface area (Å²) in [6.45, 7) is 5.14. The maximum Gasteiger partial charge on any atom is 0.00509 e. The minimum Gasteiger partial charge on any atom is -0.330 e. The summed E-state index contributed by atoms with van der Waals surface area (Å²) >= 11 is 0. The lowest BCUT2D eigenvalue weighted by molar-refractivity contribution is 0.509. The molecular formula is C11H27N3. The van der Waals surface area contributed by atoms with Crippen molar-refractivity contribution in [3.05, 3.63) is 0 Å². The topological polar surface area (TPSA) is 64.1 Å². The summed E-state index contributed by atoms with van der Waals surface area (Å²) in [5, 5.41) is 3.39. The Labute approximate surface area is 88.6 Å². The zero-order valence-electron chi connectivity index (χ0n) is 9.60. The third-order valence-corrected chi connectivity index (χ3v) is 2.43. The van der Waals surface area contributed by atoms with Gasteiger partial charge in [-0.15, -0.1) is 0 Å². The van der Waals surface area contributed by atoms with Crippen LogP contribution >= 0.6 is 0 Å². The first-order chi connectivity index (χ1) is 6.81. The van der Waals surface area contributed by atoms with E-state index in [1.165, 1.54) is 25.7 Å². The van der Waals surface area contributed by atoms with Crippen LogP contribution < -0.4 is 16.8 Å². The first-order valence-electron chi connectivity index (χ1n) is 5.97. The Morgan fingerprint density at radius 1 is 1.07 bits per heavy atom. The van der Waals surface area contributed by atoms with Crippen LogP contribution in [0.5, 0.6) is 0 Å². The van der Waals surface area contributed by atoms with E-state index in [0.717, 1.165) is 32.5 Å². The molecule has 1 unspecified atom stereocenters. The maximum atomic E-state index is 5.94. The molecular weight excluding hydrogens is 174 g/mol. The van der Waals surface area contributed by atoms with Crippen LogP contribution in [0.15, 0.2) is 0 Å². The summed E-state index contributed by atoms with van der Waals surface area (Å²) in [6.07, 6.45) is 7.07. The van der Waals surface area contributed by atoms with E-state index in [-0.39, 0.29) is 0 Å². The van der Waals surface area contributed by atoms with Crippen molar-refractivity contribution < 1.29 is 0 Å². The van der Waals surface area contributed by atoms with Gasteiger partial charge in [0.1, 0.15) is 0 Å². The molecule has 0 aromatic rings. The smallest absolute Gasteiger partial charge is 0.00509 e. The summed E-state index contributed by atoms with van der Waals surface area (Å²) in [7, 11) is 0. The number of rotatable bonds is 10. The molecule has 86 valence electrons. The SMILES string of the molecule is CCCCC(N)CCNCCCCN. The average molecular weight is 201 g/mol. The first-order valence-corrected chi connectivity index (χ1v) is 5.97. The van der Waals surface area contributed by atoms with Crippen molar-refractivity contribution in [1.29, 1.82) is 0 Å². The van der Waals surface area contributed by atoms with Gasteiger partial charge in [-0.3, -0.25) is 0 Å². The van der Waals surface area contributed by atoms with Crippen molar-refractivity contribution in [2.45, 2.75) is 51.5 Å². The molecule has 14 heavy (non-hydrogen) atoms. The molecule has 0 aliphatic carbocycles. The Balaban J connectivity index is 3.02. The van der Waals surface area contributed by atoms with Crippen molar-refractivity contribution >= 4 is 0 Å². The minimum atomic E-state index is 0.386. The number of unbranched alkanes of at least 4 members (excludes halogenated alkanes) is 2. The molecule has 0 saturated heterocycles. The Hall–Kier alpha value is -0.120. The predicted molar refractivity (Wildman–Crippen MR) is 63.3 cm³/mol. The van der Waals surface area contributed by atoms with Gasteiger partial charge in [-0.1, -0.05) is 19.8 Å². The highest BCUT2D eigenvalue weighted by atomic mass is 14.9. The normalized spacial score (nSPS) is 13.1. The Bertz CT molecular complexity index is 107. The molecule has 5 N–H and O–H groups in total. The van der Waals surface area contributed by atoms with Crippen molar-refractivity contribution in [1.82, 2.24) is 5.32 Å². The summed E-state index contributed by atoms with van der Waals surface area (Å²) in [5.74, 6) is 0. The second kappa shape index (κ2) is 11.0. The van der Waals surface area contributed by atoms with Crippen LogP contribution in [0.4, 0.5) is 0 Å². The van der Waals surface area contributed by atoms with Crippen LogP contribution in [0.25, 0.3) is 0 Å². The second-order valence-electron chi connectivity index (χ2n) is 3.94. The molecule has 0 spiro atoms. The lowest BCUT2D eigenvalue weighted by Crippen LogP contribution is -2.27. The summed E-state index contributed by atoms with van der Waals surface area (Å²) in [6, 6.07) is 0.386. The Morgan fingerprint density at radius 2 is 1.86 bits per heavy atom. The van der Waals surface area contributed by atoms with Gasteiger partial charge in [0.15, 0.2) is 0 Å². The molecule has 0 aliphatic rings. The fourth-order valence-corrected chi connectivity index (χ4v) is 1.42. The van der Waals surface area contributed by atoms with Crippen molar-refractivity contribution in [2.24, 2.45) is 11.5 Å². The van der Waals surface area contributed by atoms with Gasteiger partial charge in [0.25, 0.3) is 0 Å². The van der Waals surface area contributed by atoms with E-state index >= 15 is 0 Å². The quantitative estimate of drug-likeness (QED) is 0.466. The maximum absolute atomic E-state index is 5.94. The third kappa shape index (κ3) is 9.96. The van der Waals surface area contributed by atoms with Gasteiger partial charge in [0.2, 0.25) is 0 Å². The summed E-state index contributed by atoms with van der Waals surface area (Å²) < 4.78 is 0. The first kappa shape index (κ1) is 13.9. The molecule has 3 nitrogen and oxygen atoms in total. The van der Waals surface area contributed by atoms with Crippen LogP contribution in [0, 0.1) is 0 Å². The van der Waals surface area contributed by atoms with Gasteiger partial charge in [-0.05, 0) is 45.3 Å². The van der Waals surface area contributed by atoms with E-state index < -0.39 is 0 Å². The van der Waals surface area contributed by atoms with Crippen molar-refractivity contribution in [3.8, 4) is 0 Å². The Kier molecular flexibility index (Phi) is 10.9. The third-order valence-electron chi connectivity index (χ3n) is 2.43. The Morgan fingerprint density at radius 3 is 2.50 bits per heavy atom. The van der Waals surface area contributed by atoms with E-state index in [2.05, 4.69) is 12.2 Å². The van der Waals surface area contributed by atoms with E-state index in [9.17, 15) is 0 Å². The largest absolute Gasteiger partial charge is 0.330 e. The molecule has 0 aromatic carbocycles. The molecule has 0 saturated carbocycles. The highest BCUT2D eigenvalue weighted by Crippen LogP contribution is 2.00. The molecule has 3 heteroatoms. The van der Waals surface area contributed by atoms with Gasteiger partial charge >= 0.3 is 0 Å². The molecule has 1 atom stereocenters. The lowest BCUT2D eigenvalue weighted by Gasteiger charge is -2.11. The second-order valence-corrected chi connectivity index (χ2v) is 3.94. The van der Waals surface area contributed by atoms with Crippen LogP contribution in [-0.4, -0.2) is 25.7 Å². The number of nitrogens with one attached hydrogen (secondary N) is 1. The van der Waals surface area contributed by atoms with Gasteiger partial charge in [0, 0.05) is 6.04 Å². The predicted octanol–water partition coefficient (Wildman–Crippen LogP) is 1.22. The van der Waals surface area contributed by atoms with Crippen LogP contribution in [0.3, 0.4) is 0 Å². The molecule has 0 aliphatic heterocycles. The molecule has 0 bridgehead atoms. The number of nitrogens with two attached hydrogens (primary N) is 2. The van der Waals surface area contributed by atoms with E-state index in [0.29, 0.717) is 6.04 Å².